The monoisotopic (exact) mass is 351 g/mol. The zero-order valence-electron chi connectivity index (χ0n) is 15.9. The van der Waals surface area contributed by atoms with Gasteiger partial charge < -0.3 is 9.88 Å². The summed E-state index contributed by atoms with van der Waals surface area (Å²) in [7, 11) is 0. The number of hydrogen-bond donors (Lipinski definition) is 1. The highest BCUT2D eigenvalue weighted by atomic mass is 16.1. The van der Waals surface area contributed by atoms with E-state index in [-0.39, 0.29) is 16.7 Å². The molecule has 4 nitrogen and oxygen atoms in total. The number of imidazole rings is 1. The van der Waals surface area contributed by atoms with Crippen LogP contribution in [0, 0.1) is 28.6 Å². The maximum Gasteiger partial charge on any atom is 0.223 e. The first-order valence-corrected chi connectivity index (χ1v) is 10.2. The quantitative estimate of drug-likeness (QED) is 0.816. The molecule has 3 aliphatic carbocycles. The fourth-order valence-electron chi connectivity index (χ4n) is 6.87. The Morgan fingerprint density at radius 1 is 1.15 bits per heavy atom. The van der Waals surface area contributed by atoms with E-state index in [9.17, 15) is 4.79 Å². The van der Waals surface area contributed by atoms with E-state index < -0.39 is 0 Å². The molecule has 5 atom stereocenters. The SMILES string of the molecule is C[C@]12CCC(=O)NC=C1CCC1C2CC[C@]2(C)C(n3ccnc3)=CCC12. The number of hydrogen-bond acceptors (Lipinski definition) is 2. The third-order valence-electron chi connectivity index (χ3n) is 8.34. The summed E-state index contributed by atoms with van der Waals surface area (Å²) in [5.41, 5.74) is 3.41. The molecule has 1 amide bonds. The molecule has 1 aromatic heterocycles. The molecule has 2 fully saturated rings. The molecular weight excluding hydrogens is 322 g/mol. The molecule has 0 saturated heterocycles. The van der Waals surface area contributed by atoms with Crippen molar-refractivity contribution in [2.45, 2.75) is 58.8 Å². The van der Waals surface area contributed by atoms with Crippen LogP contribution in [-0.4, -0.2) is 15.5 Å². The second-order valence-corrected chi connectivity index (χ2v) is 9.32. The number of fused-ring (bicyclic) bond motifs is 5. The van der Waals surface area contributed by atoms with Crippen molar-refractivity contribution in [2.75, 3.05) is 0 Å². The van der Waals surface area contributed by atoms with Gasteiger partial charge in [-0.2, -0.15) is 0 Å². The largest absolute Gasteiger partial charge is 0.333 e. The van der Waals surface area contributed by atoms with Crippen LogP contribution in [-0.2, 0) is 4.79 Å². The van der Waals surface area contributed by atoms with E-state index in [1.165, 1.54) is 37.0 Å². The van der Waals surface area contributed by atoms with Gasteiger partial charge in [0.25, 0.3) is 0 Å². The molecule has 4 heteroatoms. The highest BCUT2D eigenvalue weighted by Crippen LogP contribution is 2.65. The van der Waals surface area contributed by atoms with Gasteiger partial charge in [-0.3, -0.25) is 4.79 Å². The Balaban J connectivity index is 1.47. The maximum atomic E-state index is 12.0. The molecule has 1 aromatic rings. The van der Waals surface area contributed by atoms with Gasteiger partial charge in [0, 0.05) is 36.1 Å². The number of nitrogens with zero attached hydrogens (tertiary/aromatic N) is 2. The van der Waals surface area contributed by atoms with Crippen molar-refractivity contribution in [1.82, 2.24) is 14.9 Å². The predicted octanol–water partition coefficient (Wildman–Crippen LogP) is 4.37. The van der Waals surface area contributed by atoms with Crippen LogP contribution in [0.15, 0.2) is 36.6 Å². The summed E-state index contributed by atoms with van der Waals surface area (Å²) in [6, 6.07) is 0. The summed E-state index contributed by atoms with van der Waals surface area (Å²) in [5.74, 6) is 2.39. The van der Waals surface area contributed by atoms with E-state index in [4.69, 9.17) is 0 Å². The van der Waals surface area contributed by atoms with Crippen molar-refractivity contribution in [1.29, 1.82) is 0 Å². The van der Waals surface area contributed by atoms with Gasteiger partial charge in [0.1, 0.15) is 0 Å². The molecule has 1 aliphatic heterocycles. The average Bonchev–Trinajstić information content (AvgIpc) is 3.22. The number of rotatable bonds is 1. The van der Waals surface area contributed by atoms with E-state index in [1.54, 1.807) is 0 Å². The lowest BCUT2D eigenvalue weighted by Gasteiger charge is -2.56. The molecule has 4 aliphatic rings. The smallest absolute Gasteiger partial charge is 0.223 e. The third-order valence-corrected chi connectivity index (χ3v) is 8.34. The topological polar surface area (TPSA) is 46.9 Å². The summed E-state index contributed by atoms with van der Waals surface area (Å²) in [6.07, 6.45) is 18.3. The Morgan fingerprint density at radius 3 is 2.85 bits per heavy atom. The lowest BCUT2D eigenvalue weighted by Crippen LogP contribution is -2.49. The van der Waals surface area contributed by atoms with Gasteiger partial charge in [0.05, 0.1) is 6.33 Å². The molecule has 0 bridgehead atoms. The molecule has 0 radical (unpaired) electrons. The Kier molecular flexibility index (Phi) is 3.51. The van der Waals surface area contributed by atoms with Gasteiger partial charge in [0.15, 0.2) is 0 Å². The Morgan fingerprint density at radius 2 is 2.04 bits per heavy atom. The summed E-state index contributed by atoms with van der Waals surface area (Å²) in [6.45, 7) is 4.93. The van der Waals surface area contributed by atoms with Gasteiger partial charge in [-0.1, -0.05) is 19.9 Å². The standard InChI is InChI=1S/C22H29N3O/c1-21-10-8-20(26)24-13-15(21)3-4-16-17-5-6-19(25-12-11-23-14-25)22(17,2)9-7-18(16)21/h6,11-14,16-18H,3-5,7-10H2,1-2H3,(H,24,26)/t16?,17?,18?,21-,22-/m0/s1. The summed E-state index contributed by atoms with van der Waals surface area (Å²) >= 11 is 0. The van der Waals surface area contributed by atoms with Crippen LogP contribution in [0.2, 0.25) is 0 Å². The molecule has 138 valence electrons. The zero-order valence-corrected chi connectivity index (χ0v) is 15.9. The van der Waals surface area contributed by atoms with Gasteiger partial charge in [-0.15, -0.1) is 0 Å². The van der Waals surface area contributed by atoms with Crippen molar-refractivity contribution in [2.24, 2.45) is 28.6 Å². The first-order valence-electron chi connectivity index (χ1n) is 10.2. The third kappa shape index (κ3) is 2.14. The molecule has 1 N–H and O–H groups in total. The first-order chi connectivity index (χ1) is 12.5. The van der Waals surface area contributed by atoms with Gasteiger partial charge in [0.2, 0.25) is 5.91 Å². The van der Waals surface area contributed by atoms with Crippen LogP contribution in [0.1, 0.15) is 58.8 Å². The van der Waals surface area contributed by atoms with Crippen molar-refractivity contribution in [3.05, 3.63) is 36.6 Å². The minimum Gasteiger partial charge on any atom is -0.333 e. The number of carbonyl (C=O) groups is 1. The van der Waals surface area contributed by atoms with E-state index in [0.717, 1.165) is 24.7 Å². The van der Waals surface area contributed by atoms with Crippen molar-refractivity contribution < 1.29 is 4.79 Å². The summed E-state index contributed by atoms with van der Waals surface area (Å²) in [5, 5.41) is 3.02. The van der Waals surface area contributed by atoms with E-state index in [2.05, 4.69) is 47.2 Å². The fourth-order valence-corrected chi connectivity index (χ4v) is 6.87. The average molecular weight is 351 g/mol. The lowest BCUT2D eigenvalue weighted by molar-refractivity contribution is -0.120. The zero-order chi connectivity index (χ0) is 17.9. The normalized spacial score (nSPS) is 41.9. The van der Waals surface area contributed by atoms with Crippen molar-refractivity contribution >= 4 is 11.6 Å². The Labute approximate surface area is 155 Å². The molecule has 26 heavy (non-hydrogen) atoms. The number of allylic oxidation sites excluding steroid dienone is 3. The molecule has 0 aromatic carbocycles. The molecule has 3 unspecified atom stereocenters. The van der Waals surface area contributed by atoms with Crippen LogP contribution < -0.4 is 5.32 Å². The number of carbonyl (C=O) groups excluding carboxylic acids is 1. The minimum absolute atomic E-state index is 0.190. The Bertz CT molecular complexity index is 792. The highest BCUT2D eigenvalue weighted by molar-refractivity contribution is 5.77. The highest BCUT2D eigenvalue weighted by Gasteiger charge is 2.57. The van der Waals surface area contributed by atoms with Crippen molar-refractivity contribution in [3.8, 4) is 0 Å². The minimum atomic E-state index is 0.190. The number of aromatic nitrogens is 2. The van der Waals surface area contributed by atoms with E-state index in [1.807, 2.05) is 12.5 Å². The molecule has 5 rings (SSSR count). The summed E-state index contributed by atoms with van der Waals surface area (Å²) < 4.78 is 2.24. The van der Waals surface area contributed by atoms with Gasteiger partial charge >= 0.3 is 0 Å². The number of nitrogens with one attached hydrogen (secondary N) is 1. The van der Waals surface area contributed by atoms with E-state index >= 15 is 0 Å². The first kappa shape index (κ1) is 16.3. The predicted molar refractivity (Wildman–Crippen MR) is 102 cm³/mol. The second-order valence-electron chi connectivity index (χ2n) is 9.32. The molecule has 0 spiro atoms. The van der Waals surface area contributed by atoms with Gasteiger partial charge in [-0.25, -0.2) is 4.98 Å². The number of amides is 1. The van der Waals surface area contributed by atoms with Crippen LogP contribution >= 0.6 is 0 Å². The molecule has 2 saturated carbocycles. The maximum absolute atomic E-state index is 12.0. The van der Waals surface area contributed by atoms with Gasteiger partial charge in [-0.05, 0) is 67.3 Å². The van der Waals surface area contributed by atoms with Crippen LogP contribution in [0.3, 0.4) is 0 Å². The lowest BCUT2D eigenvalue weighted by atomic mass is 9.48. The fraction of sp³-hybridized carbons (Fsp3) is 0.636. The van der Waals surface area contributed by atoms with Crippen LogP contribution in [0.4, 0.5) is 0 Å². The molecule has 2 heterocycles. The van der Waals surface area contributed by atoms with Crippen LogP contribution in [0.25, 0.3) is 5.70 Å². The molecular formula is C22H29N3O. The summed E-state index contributed by atoms with van der Waals surface area (Å²) in [4.78, 5) is 16.2. The van der Waals surface area contributed by atoms with E-state index in [0.29, 0.717) is 12.3 Å². The van der Waals surface area contributed by atoms with Crippen molar-refractivity contribution in [3.63, 3.8) is 0 Å². The van der Waals surface area contributed by atoms with Crippen LogP contribution in [0.5, 0.6) is 0 Å². The Hall–Kier alpha value is -1.84. The second kappa shape index (κ2) is 5.58.